The molecule has 1 aliphatic heterocycles. The van der Waals surface area contributed by atoms with E-state index in [1.54, 1.807) is 65.8 Å². The smallest absolute Gasteiger partial charge is 0.444 e. The molecule has 7 nitrogen and oxygen atoms in total. The largest absolute Gasteiger partial charge is 0.509 e. The maximum atomic E-state index is 13.6. The molecule has 1 amide bonds. The highest BCUT2D eigenvalue weighted by Gasteiger charge is 2.47. The van der Waals surface area contributed by atoms with Crippen molar-refractivity contribution < 1.29 is 37.7 Å². The van der Waals surface area contributed by atoms with Crippen LogP contribution < -0.4 is 0 Å². The van der Waals surface area contributed by atoms with Gasteiger partial charge in [-0.15, -0.1) is 0 Å². The van der Waals surface area contributed by atoms with Gasteiger partial charge in [0.05, 0.1) is 12.6 Å². The Balaban J connectivity index is 1.79. The first-order valence-corrected chi connectivity index (χ1v) is 11.7. The normalized spacial score (nSPS) is 20.2. The molecule has 1 N–H and O–H groups in total. The molecule has 0 saturated carbocycles. The minimum atomic E-state index is -1.18. The lowest BCUT2D eigenvalue weighted by Crippen LogP contribution is -2.43. The van der Waals surface area contributed by atoms with Crippen LogP contribution in [0.2, 0.25) is 0 Å². The van der Waals surface area contributed by atoms with Crippen LogP contribution in [0.4, 0.5) is 18.4 Å². The zero-order valence-electron chi connectivity index (χ0n) is 21.4. The highest BCUT2D eigenvalue weighted by Crippen LogP contribution is 2.29. The quantitative estimate of drug-likeness (QED) is 0.555. The standard InChI is InChI=1S/C27H33F2NO6/c1-26(2,3)35-24(32)30-15-22(34-25(33)36-27(4,5)6)23(31)21(30)13-16-7-9-17(10-8-16)18-11-12-19(28)20(29)14-18/h7-12,14,21-23,31H,13,15H2,1-6H3/t21-,22+,23+/m1/s1. The van der Waals surface area contributed by atoms with Crippen LogP contribution >= 0.6 is 0 Å². The summed E-state index contributed by atoms with van der Waals surface area (Å²) in [6.07, 6.45) is -3.52. The van der Waals surface area contributed by atoms with Gasteiger partial charge in [0.2, 0.25) is 0 Å². The van der Waals surface area contributed by atoms with E-state index in [2.05, 4.69) is 0 Å². The molecule has 0 spiro atoms. The van der Waals surface area contributed by atoms with E-state index in [9.17, 15) is 23.5 Å². The van der Waals surface area contributed by atoms with E-state index in [4.69, 9.17) is 14.2 Å². The summed E-state index contributed by atoms with van der Waals surface area (Å²) in [6.45, 7) is 10.2. The number of aliphatic hydroxyl groups is 1. The molecule has 1 saturated heterocycles. The van der Waals surface area contributed by atoms with E-state index in [1.165, 1.54) is 11.0 Å². The van der Waals surface area contributed by atoms with Crippen LogP contribution in [0.5, 0.6) is 0 Å². The van der Waals surface area contributed by atoms with Crippen molar-refractivity contribution >= 4 is 12.2 Å². The number of likely N-dealkylation sites (tertiary alicyclic amines) is 1. The molecule has 2 aromatic carbocycles. The Morgan fingerprint density at radius 1 is 0.917 bits per heavy atom. The van der Waals surface area contributed by atoms with Crippen LogP contribution in [0.15, 0.2) is 42.5 Å². The summed E-state index contributed by atoms with van der Waals surface area (Å²) in [7, 11) is 0. The number of hydrogen-bond acceptors (Lipinski definition) is 6. The number of carbonyl (C=O) groups excluding carboxylic acids is 2. The van der Waals surface area contributed by atoms with Gasteiger partial charge in [-0.2, -0.15) is 0 Å². The molecule has 1 aliphatic rings. The third kappa shape index (κ3) is 7.16. The lowest BCUT2D eigenvalue weighted by Gasteiger charge is -2.29. The molecule has 9 heteroatoms. The SMILES string of the molecule is CC(C)(C)OC(=O)O[C@H]1CN(C(=O)OC(C)(C)C)[C@H](Cc2ccc(-c3ccc(F)c(F)c3)cc2)[C@@H]1O. The molecular weight excluding hydrogens is 472 g/mol. The number of amides is 1. The number of nitrogens with zero attached hydrogens (tertiary/aromatic N) is 1. The van der Waals surface area contributed by atoms with Crippen molar-refractivity contribution in [3.05, 3.63) is 59.7 Å². The van der Waals surface area contributed by atoms with Gasteiger partial charge in [-0.3, -0.25) is 4.90 Å². The Morgan fingerprint density at radius 2 is 1.50 bits per heavy atom. The number of rotatable bonds is 4. The molecule has 1 heterocycles. The van der Waals surface area contributed by atoms with Crippen molar-refractivity contribution in [1.29, 1.82) is 0 Å². The molecule has 0 unspecified atom stereocenters. The third-order valence-corrected chi connectivity index (χ3v) is 5.47. The van der Waals surface area contributed by atoms with Crippen LogP contribution in [-0.4, -0.2) is 58.3 Å². The van der Waals surface area contributed by atoms with E-state index in [-0.39, 0.29) is 13.0 Å². The van der Waals surface area contributed by atoms with Crippen LogP contribution in [0.25, 0.3) is 11.1 Å². The fourth-order valence-corrected chi connectivity index (χ4v) is 3.89. The van der Waals surface area contributed by atoms with Gasteiger partial charge in [0.1, 0.15) is 17.3 Å². The minimum absolute atomic E-state index is 0.0626. The molecule has 0 aliphatic carbocycles. The highest BCUT2D eigenvalue weighted by molar-refractivity contribution is 5.70. The van der Waals surface area contributed by atoms with Gasteiger partial charge in [0.15, 0.2) is 17.7 Å². The van der Waals surface area contributed by atoms with Crippen molar-refractivity contribution in [2.75, 3.05) is 6.54 Å². The minimum Gasteiger partial charge on any atom is -0.444 e. The zero-order chi connectivity index (χ0) is 26.8. The Morgan fingerprint density at radius 3 is 2.06 bits per heavy atom. The summed E-state index contributed by atoms with van der Waals surface area (Å²) >= 11 is 0. The molecule has 3 atom stereocenters. The fraction of sp³-hybridized carbons (Fsp3) is 0.481. The molecule has 196 valence electrons. The Bertz CT molecular complexity index is 1090. The van der Waals surface area contributed by atoms with Crippen molar-refractivity contribution in [1.82, 2.24) is 4.90 Å². The summed E-state index contributed by atoms with van der Waals surface area (Å²) < 4.78 is 42.9. The van der Waals surface area contributed by atoms with Crippen LogP contribution in [-0.2, 0) is 20.6 Å². The number of benzene rings is 2. The Labute approximate surface area is 210 Å². The van der Waals surface area contributed by atoms with E-state index >= 15 is 0 Å². The van der Waals surface area contributed by atoms with Gasteiger partial charge in [0, 0.05) is 0 Å². The van der Waals surface area contributed by atoms with Gasteiger partial charge >= 0.3 is 12.2 Å². The topological polar surface area (TPSA) is 85.3 Å². The molecule has 0 radical (unpaired) electrons. The summed E-state index contributed by atoms with van der Waals surface area (Å²) in [5, 5.41) is 11.0. The van der Waals surface area contributed by atoms with E-state index < -0.39 is 53.3 Å². The van der Waals surface area contributed by atoms with Crippen molar-refractivity contribution in [2.45, 2.75) is 77.4 Å². The molecule has 2 aromatic rings. The third-order valence-electron chi connectivity index (χ3n) is 5.47. The van der Waals surface area contributed by atoms with E-state index in [0.29, 0.717) is 11.1 Å². The highest BCUT2D eigenvalue weighted by atomic mass is 19.2. The number of aliphatic hydroxyl groups excluding tert-OH is 1. The predicted molar refractivity (Wildman–Crippen MR) is 129 cm³/mol. The summed E-state index contributed by atoms with van der Waals surface area (Å²) in [5.41, 5.74) is 0.433. The van der Waals surface area contributed by atoms with Crippen molar-refractivity contribution in [3.8, 4) is 11.1 Å². The maximum absolute atomic E-state index is 13.6. The molecular formula is C27H33F2NO6. The number of halogens is 2. The van der Waals surface area contributed by atoms with Gasteiger partial charge in [-0.25, -0.2) is 18.4 Å². The van der Waals surface area contributed by atoms with Crippen molar-refractivity contribution in [3.63, 3.8) is 0 Å². The molecule has 36 heavy (non-hydrogen) atoms. The molecule has 1 fully saturated rings. The average molecular weight is 506 g/mol. The summed E-state index contributed by atoms with van der Waals surface area (Å²) in [5.74, 6) is -1.86. The average Bonchev–Trinajstić information content (AvgIpc) is 3.03. The number of hydrogen-bond donors (Lipinski definition) is 1. The van der Waals surface area contributed by atoms with Crippen LogP contribution in [0.3, 0.4) is 0 Å². The van der Waals surface area contributed by atoms with Crippen LogP contribution in [0, 0.1) is 11.6 Å². The maximum Gasteiger partial charge on any atom is 0.509 e. The monoisotopic (exact) mass is 505 g/mol. The van der Waals surface area contributed by atoms with Crippen LogP contribution in [0.1, 0.15) is 47.1 Å². The first-order chi connectivity index (χ1) is 16.6. The Kier molecular flexibility index (Phi) is 7.93. The lowest BCUT2D eigenvalue weighted by atomic mass is 9.98. The second-order valence-electron chi connectivity index (χ2n) is 10.8. The molecule has 3 rings (SSSR count). The summed E-state index contributed by atoms with van der Waals surface area (Å²) in [4.78, 5) is 26.5. The predicted octanol–water partition coefficient (Wildman–Crippen LogP) is 5.47. The van der Waals surface area contributed by atoms with E-state index in [1.807, 2.05) is 0 Å². The Hall–Kier alpha value is -3.20. The second-order valence-corrected chi connectivity index (χ2v) is 10.8. The van der Waals surface area contributed by atoms with Gasteiger partial charge in [-0.05, 0) is 76.8 Å². The number of ether oxygens (including phenoxy) is 3. The molecule has 0 aromatic heterocycles. The van der Waals surface area contributed by atoms with Gasteiger partial charge < -0.3 is 19.3 Å². The second kappa shape index (κ2) is 10.4. The van der Waals surface area contributed by atoms with Gasteiger partial charge in [-0.1, -0.05) is 30.3 Å². The fourth-order valence-electron chi connectivity index (χ4n) is 3.89. The van der Waals surface area contributed by atoms with E-state index in [0.717, 1.165) is 17.7 Å². The summed E-state index contributed by atoms with van der Waals surface area (Å²) in [6, 6.07) is 9.98. The lowest BCUT2D eigenvalue weighted by molar-refractivity contribution is -0.0486. The zero-order valence-corrected chi connectivity index (χ0v) is 21.4. The van der Waals surface area contributed by atoms with Gasteiger partial charge in [0.25, 0.3) is 0 Å². The first kappa shape index (κ1) is 27.4. The van der Waals surface area contributed by atoms with Crippen molar-refractivity contribution in [2.24, 2.45) is 0 Å². The molecule has 0 bridgehead atoms. The number of carbonyl (C=O) groups is 2. The first-order valence-electron chi connectivity index (χ1n) is 11.7.